The van der Waals surface area contributed by atoms with Crippen LogP contribution < -0.4 is 10.2 Å². The van der Waals surface area contributed by atoms with Crippen LogP contribution in [0.1, 0.15) is 0 Å². The Labute approximate surface area is 128 Å². The number of hydrogen-bond acceptors (Lipinski definition) is 7. The second-order valence-electron chi connectivity index (χ2n) is 0.658. The quantitative estimate of drug-likeness (QED) is 0.235. The summed E-state index contributed by atoms with van der Waals surface area (Å²) in [4.78, 5) is 8.33. The van der Waals surface area contributed by atoms with E-state index in [0.717, 1.165) is 0 Å². The molecule has 0 saturated carbocycles. The molecule has 0 radical (unpaired) electrons. The van der Waals surface area contributed by atoms with E-state index < -0.39 is 16.6 Å². The fourth-order valence-electron chi connectivity index (χ4n) is 0. The van der Waals surface area contributed by atoms with E-state index in [2.05, 4.69) is 0 Å². The van der Waals surface area contributed by atoms with Gasteiger partial charge < -0.3 is 29.6 Å². The van der Waals surface area contributed by atoms with Gasteiger partial charge in [-0.25, -0.2) is 0 Å². The average molecular weight is 254 g/mol. The summed E-state index contributed by atoms with van der Waals surface area (Å²) in [6.45, 7) is 0. The van der Waals surface area contributed by atoms with Crippen LogP contribution in [0.3, 0.4) is 0 Å². The molecule has 2 N–H and O–H groups in total. The van der Waals surface area contributed by atoms with Gasteiger partial charge in [0.05, 0.1) is 0 Å². The summed E-state index contributed by atoms with van der Waals surface area (Å²) in [5, 5.41) is 16.7. The fourth-order valence-corrected chi connectivity index (χ4v) is 0. The zero-order valence-corrected chi connectivity index (χ0v) is 10.9. The predicted octanol–water partition coefficient (Wildman–Crippen LogP) is -5.37. The van der Waals surface area contributed by atoms with Gasteiger partial charge in [0, 0.05) is 10.4 Å². The maximum absolute atomic E-state index is 8.52. The molecule has 0 unspecified atom stereocenters. The van der Waals surface area contributed by atoms with Gasteiger partial charge in [0.1, 0.15) is 0 Å². The topological polar surface area (TPSA) is 175 Å². The Bertz CT molecular complexity index is 159. The first-order chi connectivity index (χ1) is 3.73. The van der Waals surface area contributed by atoms with Gasteiger partial charge in [-0.3, -0.25) is 8.42 Å². The van der Waals surface area contributed by atoms with Gasteiger partial charge in [-0.15, -0.1) is 0 Å². The Morgan fingerprint density at radius 2 is 1.00 bits per heavy atom. The van der Waals surface area contributed by atoms with E-state index in [9.17, 15) is 0 Å². The van der Waals surface area contributed by atoms with Crippen LogP contribution in [0.25, 0.3) is 0 Å². The van der Waals surface area contributed by atoms with E-state index >= 15 is 0 Å². The van der Waals surface area contributed by atoms with E-state index in [1.165, 1.54) is 0 Å². The summed E-state index contributed by atoms with van der Waals surface area (Å²) in [5.74, 6) is 0. The smallest absolute Gasteiger partial charge is 0.759 e. The van der Waals surface area contributed by atoms with Crippen LogP contribution in [0.15, 0.2) is 0 Å². The van der Waals surface area contributed by atoms with Crippen molar-refractivity contribution in [3.8, 4) is 0 Å². The molecule has 0 rings (SSSR count). The van der Waals surface area contributed by atoms with Crippen LogP contribution in [0, 0.1) is 0 Å². The van der Waals surface area contributed by atoms with Crippen molar-refractivity contribution >= 4 is 92.0 Å². The molecule has 0 aliphatic heterocycles. The summed E-state index contributed by atoms with van der Waals surface area (Å²) in [6, 6.07) is 0. The summed E-state index contributed by atoms with van der Waals surface area (Å²) in [6.07, 6.45) is -2.33. The van der Waals surface area contributed by atoms with Gasteiger partial charge in [-0.2, -0.15) is 0 Å². The Kier molecular flexibility index (Phi) is 36.8. The van der Waals surface area contributed by atoms with Gasteiger partial charge >= 0.3 is 75.5 Å². The molecule has 0 heterocycles. The molecule has 0 amide bonds. The summed E-state index contributed by atoms with van der Waals surface area (Å²) < 4.78 is 34.1. The molecule has 0 aromatic heterocycles. The molecule has 0 aliphatic rings. The molecule has 0 fully saturated rings. The van der Waals surface area contributed by atoms with Crippen molar-refractivity contribution in [2.75, 3.05) is 0 Å². The molecular weight excluding hydrogens is 252 g/mol. The summed E-state index contributed by atoms with van der Waals surface area (Å²) in [5.41, 5.74) is 0. The second kappa shape index (κ2) is 15.1. The molecule has 0 aromatic carbocycles. The normalized spacial score (nSPS) is 6.83. The number of carbonyl (C=O) groups excluding carboxylic acids is 1. The molecule has 8 nitrogen and oxygen atoms in total. The monoisotopic (exact) mass is 254 g/mol. The molecule has 0 aromatic rings. The van der Waals surface area contributed by atoms with E-state index in [-0.39, 0.29) is 81.0 Å². The van der Waals surface area contributed by atoms with Gasteiger partial charge in [-0.05, 0) is 6.16 Å². The first-order valence-electron chi connectivity index (χ1n) is 1.28. The van der Waals surface area contributed by atoms with E-state index in [1.54, 1.807) is 0 Å². The molecule has 0 bridgehead atoms. The Balaban J connectivity index is -0.0000000221. The van der Waals surface area contributed by atoms with Crippen LogP contribution in [-0.4, -0.2) is 105 Å². The molecule has 0 aliphatic carbocycles. The van der Waals surface area contributed by atoms with Crippen LogP contribution >= 0.6 is 0 Å². The molecule has 0 spiro atoms. The standard InChI is InChI=1S/CH2O3.2Ca.H2O4S.H2O/c2-1(3)4;;;1-5(2,3)4;/h(H2,2,3,4);;;(H2,1,2,3,4);1H2/q;2*+2;;/p-4. The molecule has 11 heteroatoms. The van der Waals surface area contributed by atoms with Crippen LogP contribution in [-0.2, 0) is 10.4 Å². The summed E-state index contributed by atoms with van der Waals surface area (Å²) in [7, 11) is -5.17. The third-order valence-corrected chi connectivity index (χ3v) is 0. The largest absolute Gasteiger partial charge is 2.00 e. The van der Waals surface area contributed by atoms with Gasteiger partial charge in [0.2, 0.25) is 0 Å². The first kappa shape index (κ1) is 29.2. The van der Waals surface area contributed by atoms with Crippen LogP contribution in [0.2, 0.25) is 0 Å². The third-order valence-electron chi connectivity index (χ3n) is 0. The molecule has 64 valence electrons. The van der Waals surface area contributed by atoms with Crippen LogP contribution in [0.4, 0.5) is 4.79 Å². The average Bonchev–Trinajstić information content (AvgIpc) is 1.19. The molecule has 0 saturated heterocycles. The van der Waals surface area contributed by atoms with E-state index in [1.807, 2.05) is 0 Å². The Hall–Kier alpha value is 1.62. The number of carboxylic acid groups (broad SMARTS) is 2. The van der Waals surface area contributed by atoms with Crippen molar-refractivity contribution in [1.82, 2.24) is 0 Å². The predicted molar refractivity (Wildman–Crippen MR) is 31.0 cm³/mol. The van der Waals surface area contributed by atoms with Crippen molar-refractivity contribution in [2.24, 2.45) is 0 Å². The fraction of sp³-hybridized carbons (Fsp3) is 0. The maximum atomic E-state index is 8.52. The first-order valence-corrected chi connectivity index (χ1v) is 2.61. The Morgan fingerprint density at radius 1 is 1.00 bits per heavy atom. The van der Waals surface area contributed by atoms with Crippen molar-refractivity contribution in [2.45, 2.75) is 0 Å². The van der Waals surface area contributed by atoms with Gasteiger partial charge in [-0.1, -0.05) is 0 Å². The minimum absolute atomic E-state index is 0. The van der Waals surface area contributed by atoms with Gasteiger partial charge in [0.25, 0.3) is 0 Å². The van der Waals surface area contributed by atoms with Crippen molar-refractivity contribution < 1.29 is 38.0 Å². The zero-order chi connectivity index (χ0) is 8.08. The third kappa shape index (κ3) is 500. The van der Waals surface area contributed by atoms with Gasteiger partial charge in [0.15, 0.2) is 0 Å². The Morgan fingerprint density at radius 3 is 1.00 bits per heavy atom. The van der Waals surface area contributed by atoms with E-state index in [0.29, 0.717) is 0 Å². The van der Waals surface area contributed by atoms with Crippen LogP contribution in [0.5, 0.6) is 0 Å². The zero-order valence-electron chi connectivity index (χ0n) is 5.68. The SMILES string of the molecule is O.O=C([O-])[O-].O=S(=O)([O-])[O-].[Ca+2].[Ca+2]. The number of rotatable bonds is 0. The second-order valence-corrected chi connectivity index (χ2v) is 1.47. The van der Waals surface area contributed by atoms with Crippen molar-refractivity contribution in [3.63, 3.8) is 0 Å². The number of hydrogen-bond donors (Lipinski definition) is 0. The molecule has 12 heavy (non-hydrogen) atoms. The number of carbonyl (C=O) groups is 1. The van der Waals surface area contributed by atoms with E-state index in [4.69, 9.17) is 32.5 Å². The molecule has 0 atom stereocenters. The minimum Gasteiger partial charge on any atom is -0.759 e. The van der Waals surface area contributed by atoms with Crippen molar-refractivity contribution in [3.05, 3.63) is 0 Å². The maximum Gasteiger partial charge on any atom is 2.00 e. The van der Waals surface area contributed by atoms with Crippen molar-refractivity contribution in [1.29, 1.82) is 0 Å². The molecular formula is CH2Ca2O8S. The minimum atomic E-state index is -5.17. The summed E-state index contributed by atoms with van der Waals surface area (Å²) >= 11 is 0.